The summed E-state index contributed by atoms with van der Waals surface area (Å²) in [7, 11) is 0. The van der Waals surface area contributed by atoms with Gasteiger partial charge in [0.05, 0.1) is 11.8 Å². The molecule has 2 aliphatic heterocycles. The summed E-state index contributed by atoms with van der Waals surface area (Å²) < 4.78 is 5.69. The molecule has 2 saturated heterocycles. The minimum Gasteiger partial charge on any atom is -0.376 e. The standard InChI is InChI=1S/C19H25N3OS/c1-2-5-15(6-3-1)19(8-10-20-11-9-19)17-14-24-18(22-17)21-13-16-7-4-12-23-16/h1-3,5-6,14,16,20H,4,7-13H2,(H,21,22). The van der Waals surface area contributed by atoms with E-state index >= 15 is 0 Å². The summed E-state index contributed by atoms with van der Waals surface area (Å²) in [6, 6.07) is 10.9. The topological polar surface area (TPSA) is 46.2 Å². The molecule has 4 nitrogen and oxygen atoms in total. The van der Waals surface area contributed by atoms with Gasteiger partial charge in [-0.15, -0.1) is 11.3 Å². The number of anilines is 1. The smallest absolute Gasteiger partial charge is 0.182 e. The van der Waals surface area contributed by atoms with Crippen molar-refractivity contribution in [2.75, 3.05) is 31.6 Å². The Morgan fingerprint density at radius 3 is 2.83 bits per heavy atom. The highest BCUT2D eigenvalue weighted by atomic mass is 32.1. The van der Waals surface area contributed by atoms with E-state index in [1.54, 1.807) is 11.3 Å². The Labute approximate surface area is 147 Å². The normalized spacial score (nSPS) is 23.2. The first kappa shape index (κ1) is 16.1. The predicted octanol–water partition coefficient (Wildman–Crippen LogP) is 3.40. The van der Waals surface area contributed by atoms with Crippen LogP contribution in [-0.2, 0) is 10.2 Å². The molecular weight excluding hydrogens is 318 g/mol. The lowest BCUT2D eigenvalue weighted by Gasteiger charge is -2.37. The third-order valence-corrected chi connectivity index (χ3v) is 6.08. The van der Waals surface area contributed by atoms with Gasteiger partial charge in [-0.25, -0.2) is 4.98 Å². The molecule has 2 fully saturated rings. The van der Waals surface area contributed by atoms with Gasteiger partial charge in [0, 0.05) is 23.9 Å². The van der Waals surface area contributed by atoms with E-state index in [4.69, 9.17) is 9.72 Å². The number of rotatable bonds is 5. The highest BCUT2D eigenvalue weighted by Crippen LogP contribution is 2.41. The predicted molar refractivity (Wildman–Crippen MR) is 98.9 cm³/mol. The Kier molecular flexibility index (Phi) is 4.83. The SMILES string of the molecule is c1ccc(C2(c3csc(NCC4CCCO4)n3)CCNCC2)cc1. The molecule has 0 amide bonds. The second kappa shape index (κ2) is 7.21. The van der Waals surface area contributed by atoms with E-state index in [1.165, 1.54) is 17.7 Å². The number of aromatic nitrogens is 1. The lowest BCUT2D eigenvalue weighted by atomic mass is 9.71. The Balaban J connectivity index is 1.55. The van der Waals surface area contributed by atoms with Crippen LogP contribution < -0.4 is 10.6 Å². The first-order valence-corrected chi connectivity index (χ1v) is 9.82. The number of thiazole rings is 1. The van der Waals surface area contributed by atoms with Gasteiger partial charge >= 0.3 is 0 Å². The van der Waals surface area contributed by atoms with Crippen LogP contribution in [0.25, 0.3) is 0 Å². The van der Waals surface area contributed by atoms with Crippen molar-refractivity contribution in [3.63, 3.8) is 0 Å². The summed E-state index contributed by atoms with van der Waals surface area (Å²) in [5.41, 5.74) is 2.66. The molecule has 2 aromatic rings. The Hall–Kier alpha value is -1.43. The second-order valence-electron chi connectivity index (χ2n) is 6.75. The molecule has 1 unspecified atom stereocenters. The van der Waals surface area contributed by atoms with E-state index < -0.39 is 0 Å². The van der Waals surface area contributed by atoms with Crippen LogP contribution in [0.4, 0.5) is 5.13 Å². The van der Waals surface area contributed by atoms with Crippen molar-refractivity contribution in [2.45, 2.75) is 37.2 Å². The minimum atomic E-state index is 0.0484. The maximum Gasteiger partial charge on any atom is 0.182 e. The summed E-state index contributed by atoms with van der Waals surface area (Å²) >= 11 is 1.72. The van der Waals surface area contributed by atoms with Crippen LogP contribution >= 0.6 is 11.3 Å². The fourth-order valence-corrected chi connectivity index (χ4v) is 4.70. The van der Waals surface area contributed by atoms with Gasteiger partial charge in [0.15, 0.2) is 5.13 Å². The Morgan fingerprint density at radius 2 is 2.08 bits per heavy atom. The molecule has 0 spiro atoms. The van der Waals surface area contributed by atoms with Gasteiger partial charge in [-0.3, -0.25) is 0 Å². The molecule has 1 atom stereocenters. The van der Waals surface area contributed by atoms with Gasteiger partial charge in [-0.1, -0.05) is 30.3 Å². The van der Waals surface area contributed by atoms with Crippen LogP contribution in [0.1, 0.15) is 36.9 Å². The van der Waals surface area contributed by atoms with Crippen LogP contribution in [-0.4, -0.2) is 37.3 Å². The van der Waals surface area contributed by atoms with Crippen molar-refractivity contribution >= 4 is 16.5 Å². The monoisotopic (exact) mass is 343 g/mol. The summed E-state index contributed by atoms with van der Waals surface area (Å²) in [5, 5.41) is 10.2. The highest BCUT2D eigenvalue weighted by Gasteiger charge is 2.37. The van der Waals surface area contributed by atoms with Crippen LogP contribution in [0, 0.1) is 0 Å². The maximum atomic E-state index is 5.69. The molecule has 5 heteroatoms. The molecule has 0 bridgehead atoms. The molecule has 0 saturated carbocycles. The average molecular weight is 343 g/mol. The van der Waals surface area contributed by atoms with E-state index in [0.29, 0.717) is 6.10 Å². The third kappa shape index (κ3) is 3.21. The lowest BCUT2D eigenvalue weighted by Crippen LogP contribution is -2.41. The summed E-state index contributed by atoms with van der Waals surface area (Å²) in [4.78, 5) is 4.97. The molecule has 4 rings (SSSR count). The van der Waals surface area contributed by atoms with Gasteiger partial charge in [0.2, 0.25) is 0 Å². The van der Waals surface area contributed by atoms with Crippen LogP contribution in [0.15, 0.2) is 35.7 Å². The lowest BCUT2D eigenvalue weighted by molar-refractivity contribution is 0.120. The molecule has 0 aliphatic carbocycles. The zero-order valence-corrected chi connectivity index (χ0v) is 14.8. The minimum absolute atomic E-state index is 0.0484. The van der Waals surface area contributed by atoms with Crippen molar-refractivity contribution in [2.24, 2.45) is 0 Å². The van der Waals surface area contributed by atoms with Crippen molar-refractivity contribution in [1.29, 1.82) is 0 Å². The van der Waals surface area contributed by atoms with Crippen molar-refractivity contribution in [1.82, 2.24) is 10.3 Å². The number of ether oxygens (including phenoxy) is 1. The van der Waals surface area contributed by atoms with Crippen molar-refractivity contribution in [3.05, 3.63) is 47.0 Å². The first-order chi connectivity index (χ1) is 11.9. The number of nitrogens with zero attached hydrogens (tertiary/aromatic N) is 1. The Morgan fingerprint density at radius 1 is 1.25 bits per heavy atom. The van der Waals surface area contributed by atoms with E-state index in [0.717, 1.165) is 50.6 Å². The number of hydrogen-bond donors (Lipinski definition) is 2. The molecule has 3 heterocycles. The maximum absolute atomic E-state index is 5.69. The zero-order chi connectivity index (χ0) is 16.2. The summed E-state index contributed by atoms with van der Waals surface area (Å²) in [6.45, 7) is 3.86. The molecule has 2 aliphatic rings. The Bertz CT molecular complexity index is 646. The fraction of sp³-hybridized carbons (Fsp3) is 0.526. The van der Waals surface area contributed by atoms with Crippen LogP contribution in [0.3, 0.4) is 0 Å². The van der Waals surface area contributed by atoms with Crippen LogP contribution in [0.5, 0.6) is 0 Å². The van der Waals surface area contributed by atoms with Crippen molar-refractivity contribution < 1.29 is 4.74 Å². The fourth-order valence-electron chi connectivity index (χ4n) is 3.88. The average Bonchev–Trinajstić information content (AvgIpc) is 3.33. The van der Waals surface area contributed by atoms with Crippen molar-refractivity contribution in [3.8, 4) is 0 Å². The third-order valence-electron chi connectivity index (χ3n) is 5.28. The molecule has 1 aromatic heterocycles. The molecule has 0 radical (unpaired) electrons. The zero-order valence-electron chi connectivity index (χ0n) is 14.0. The number of piperidine rings is 1. The first-order valence-electron chi connectivity index (χ1n) is 8.95. The quantitative estimate of drug-likeness (QED) is 0.873. The van der Waals surface area contributed by atoms with Gasteiger partial charge in [0.25, 0.3) is 0 Å². The largest absolute Gasteiger partial charge is 0.376 e. The second-order valence-corrected chi connectivity index (χ2v) is 7.61. The summed E-state index contributed by atoms with van der Waals surface area (Å²) in [5.74, 6) is 0. The van der Waals surface area contributed by atoms with Gasteiger partial charge in [0.1, 0.15) is 0 Å². The van der Waals surface area contributed by atoms with E-state index in [1.807, 2.05) is 0 Å². The highest BCUT2D eigenvalue weighted by molar-refractivity contribution is 7.13. The molecule has 2 N–H and O–H groups in total. The van der Waals surface area contributed by atoms with Gasteiger partial charge in [-0.2, -0.15) is 0 Å². The van der Waals surface area contributed by atoms with Gasteiger partial charge in [-0.05, 0) is 44.3 Å². The van der Waals surface area contributed by atoms with E-state index in [-0.39, 0.29) is 5.41 Å². The number of benzene rings is 1. The number of hydrogen-bond acceptors (Lipinski definition) is 5. The van der Waals surface area contributed by atoms with E-state index in [9.17, 15) is 0 Å². The molecule has 24 heavy (non-hydrogen) atoms. The molecule has 128 valence electrons. The molecule has 1 aromatic carbocycles. The number of nitrogens with one attached hydrogen (secondary N) is 2. The molecular formula is C19H25N3OS. The van der Waals surface area contributed by atoms with Gasteiger partial charge < -0.3 is 15.4 Å². The van der Waals surface area contributed by atoms with E-state index in [2.05, 4.69) is 46.3 Å². The summed E-state index contributed by atoms with van der Waals surface area (Å²) in [6.07, 6.45) is 4.89. The van der Waals surface area contributed by atoms with Crippen LogP contribution in [0.2, 0.25) is 0 Å².